The summed E-state index contributed by atoms with van der Waals surface area (Å²) >= 11 is 0. The number of aliphatic hydroxyl groups is 2. The minimum Gasteiger partial charge on any atom is -0.396 e. The molecule has 40 heavy (non-hydrogen) atoms. The van der Waals surface area contributed by atoms with Crippen LogP contribution in [0, 0.1) is 5.92 Å². The van der Waals surface area contributed by atoms with Gasteiger partial charge in [-0.1, -0.05) is 147 Å². The van der Waals surface area contributed by atoms with Gasteiger partial charge in [0.15, 0.2) is 0 Å². The van der Waals surface area contributed by atoms with E-state index in [1.54, 1.807) is 0 Å². The molecule has 0 spiro atoms. The molecule has 0 aromatic heterocycles. The summed E-state index contributed by atoms with van der Waals surface area (Å²) in [4.78, 5) is 12.6. The number of ketones is 1. The summed E-state index contributed by atoms with van der Waals surface area (Å²) in [7, 11) is 0. The molecule has 4 N–H and O–H groups in total. The smallest absolute Gasteiger partial charge is 0.140 e. The van der Waals surface area contributed by atoms with Gasteiger partial charge in [-0.2, -0.15) is 0 Å². The fourth-order valence-electron chi connectivity index (χ4n) is 5.64. The standard InChI is InChI=1S/C36H71NO3/c1-2-3-4-5-6-7-8-9-10-12-15-18-21-24-27-30-35(39)34(33-38)36(40)31-28-25-22-19-16-13-11-14-17-20-23-26-29-32-37/h9-10,34,36,38,40H,2-8,11-33,37H2,1H3. The molecule has 2 atom stereocenters. The van der Waals surface area contributed by atoms with Gasteiger partial charge in [-0.15, -0.1) is 0 Å². The number of allylic oxidation sites excluding steroid dienone is 2. The molecule has 0 saturated heterocycles. The van der Waals surface area contributed by atoms with Crippen molar-refractivity contribution in [3.63, 3.8) is 0 Å². The molecule has 0 aliphatic rings. The lowest BCUT2D eigenvalue weighted by atomic mass is 9.91. The van der Waals surface area contributed by atoms with Crippen LogP contribution in [0.2, 0.25) is 0 Å². The Morgan fingerprint density at radius 1 is 0.600 bits per heavy atom. The predicted octanol–water partition coefficient (Wildman–Crippen LogP) is 9.98. The highest BCUT2D eigenvalue weighted by molar-refractivity contribution is 5.81. The first kappa shape index (κ1) is 39.3. The number of Topliss-reactive ketones (excluding diaryl/α,β-unsaturated/α-hetero) is 1. The summed E-state index contributed by atoms with van der Waals surface area (Å²) in [6, 6.07) is 0. The first-order chi connectivity index (χ1) is 19.7. The van der Waals surface area contributed by atoms with Crippen molar-refractivity contribution in [1.82, 2.24) is 0 Å². The molecule has 0 rings (SSSR count). The van der Waals surface area contributed by atoms with Gasteiger partial charge in [0.1, 0.15) is 5.78 Å². The number of nitrogens with two attached hydrogens (primary N) is 1. The number of rotatable bonds is 33. The molecule has 0 bridgehead atoms. The van der Waals surface area contributed by atoms with Crippen LogP contribution in [0.15, 0.2) is 12.2 Å². The maximum atomic E-state index is 12.6. The van der Waals surface area contributed by atoms with Crippen molar-refractivity contribution in [2.45, 2.75) is 193 Å². The summed E-state index contributed by atoms with van der Waals surface area (Å²) in [6.45, 7) is 2.87. The topological polar surface area (TPSA) is 83.5 Å². The Morgan fingerprint density at radius 2 is 1.00 bits per heavy atom. The molecule has 0 aliphatic heterocycles. The van der Waals surface area contributed by atoms with Gasteiger partial charge in [-0.05, 0) is 51.5 Å². The molecule has 0 saturated carbocycles. The SMILES string of the molecule is CCCCCCCCC=CCCCCCCCC(=O)C(CO)C(O)CCCCCCCCCCCCCCCN. The van der Waals surface area contributed by atoms with Gasteiger partial charge in [0.05, 0.1) is 18.6 Å². The minimum absolute atomic E-state index is 0.0482. The zero-order valence-electron chi connectivity index (χ0n) is 26.9. The van der Waals surface area contributed by atoms with Gasteiger partial charge < -0.3 is 15.9 Å². The van der Waals surface area contributed by atoms with E-state index in [0.29, 0.717) is 12.8 Å². The molecule has 0 radical (unpaired) electrons. The Morgan fingerprint density at radius 3 is 1.45 bits per heavy atom. The highest BCUT2D eigenvalue weighted by atomic mass is 16.3. The van der Waals surface area contributed by atoms with Crippen molar-refractivity contribution in [2.24, 2.45) is 11.7 Å². The lowest BCUT2D eigenvalue weighted by Crippen LogP contribution is -2.31. The highest BCUT2D eigenvalue weighted by Gasteiger charge is 2.25. The van der Waals surface area contributed by atoms with Gasteiger partial charge >= 0.3 is 0 Å². The second-order valence-corrected chi connectivity index (χ2v) is 12.3. The van der Waals surface area contributed by atoms with Gasteiger partial charge in [0, 0.05) is 6.42 Å². The van der Waals surface area contributed by atoms with Crippen LogP contribution < -0.4 is 5.73 Å². The molecule has 238 valence electrons. The van der Waals surface area contributed by atoms with Crippen LogP contribution in [-0.2, 0) is 4.79 Å². The number of carbonyl (C=O) groups excluding carboxylic acids is 1. The van der Waals surface area contributed by atoms with Crippen LogP contribution >= 0.6 is 0 Å². The van der Waals surface area contributed by atoms with Gasteiger partial charge in [-0.25, -0.2) is 0 Å². The van der Waals surface area contributed by atoms with Crippen LogP contribution in [0.1, 0.15) is 187 Å². The molecule has 4 nitrogen and oxygen atoms in total. The van der Waals surface area contributed by atoms with E-state index in [4.69, 9.17) is 5.73 Å². The van der Waals surface area contributed by atoms with E-state index < -0.39 is 12.0 Å². The molecule has 0 aliphatic carbocycles. The molecular formula is C36H71NO3. The normalized spacial score (nSPS) is 13.3. The fraction of sp³-hybridized carbons (Fsp3) is 0.917. The van der Waals surface area contributed by atoms with Crippen molar-refractivity contribution in [3.05, 3.63) is 12.2 Å². The van der Waals surface area contributed by atoms with E-state index in [0.717, 1.165) is 32.2 Å². The predicted molar refractivity (Wildman–Crippen MR) is 175 cm³/mol. The van der Waals surface area contributed by atoms with Crippen molar-refractivity contribution in [2.75, 3.05) is 13.2 Å². The lowest BCUT2D eigenvalue weighted by Gasteiger charge is -2.19. The largest absolute Gasteiger partial charge is 0.396 e. The van der Waals surface area contributed by atoms with Crippen molar-refractivity contribution in [3.8, 4) is 0 Å². The average molecular weight is 566 g/mol. The minimum atomic E-state index is -0.689. The molecule has 0 fully saturated rings. The monoisotopic (exact) mass is 566 g/mol. The van der Waals surface area contributed by atoms with Crippen molar-refractivity contribution in [1.29, 1.82) is 0 Å². The number of unbranched alkanes of at least 4 members (excludes halogenated alkanes) is 23. The summed E-state index contributed by atoms with van der Waals surface area (Å²) in [5.41, 5.74) is 5.53. The Labute approximate surface area is 250 Å². The Kier molecular flexibility index (Phi) is 32.2. The first-order valence-corrected chi connectivity index (χ1v) is 17.8. The maximum absolute atomic E-state index is 12.6. The molecule has 0 heterocycles. The summed E-state index contributed by atoms with van der Waals surface area (Å²) in [5.74, 6) is -0.543. The van der Waals surface area contributed by atoms with Crippen LogP contribution in [0.25, 0.3) is 0 Å². The number of aliphatic hydroxyl groups excluding tert-OH is 2. The lowest BCUT2D eigenvalue weighted by molar-refractivity contribution is -0.128. The van der Waals surface area contributed by atoms with E-state index in [2.05, 4.69) is 19.1 Å². The van der Waals surface area contributed by atoms with Crippen LogP contribution in [0.3, 0.4) is 0 Å². The Balaban J connectivity index is 3.58. The van der Waals surface area contributed by atoms with E-state index >= 15 is 0 Å². The Bertz CT molecular complexity index is 536. The number of carbonyl (C=O) groups is 1. The highest BCUT2D eigenvalue weighted by Crippen LogP contribution is 2.18. The summed E-state index contributed by atoms with van der Waals surface area (Å²) in [5, 5.41) is 20.2. The second kappa shape index (κ2) is 32.8. The molecule has 0 amide bonds. The number of hydrogen-bond donors (Lipinski definition) is 3. The van der Waals surface area contributed by atoms with Gasteiger partial charge in [0.25, 0.3) is 0 Å². The zero-order chi connectivity index (χ0) is 29.4. The van der Waals surface area contributed by atoms with Crippen molar-refractivity contribution < 1.29 is 15.0 Å². The zero-order valence-corrected chi connectivity index (χ0v) is 26.9. The third-order valence-electron chi connectivity index (χ3n) is 8.46. The molecule has 0 aromatic rings. The summed E-state index contributed by atoms with van der Waals surface area (Å²) in [6.07, 6.45) is 37.7. The molecule has 2 unspecified atom stereocenters. The van der Waals surface area contributed by atoms with E-state index in [1.165, 1.54) is 141 Å². The third-order valence-corrected chi connectivity index (χ3v) is 8.46. The Hall–Kier alpha value is -0.710. The number of hydrogen-bond acceptors (Lipinski definition) is 4. The maximum Gasteiger partial charge on any atom is 0.140 e. The quantitative estimate of drug-likeness (QED) is 0.0546. The summed E-state index contributed by atoms with van der Waals surface area (Å²) < 4.78 is 0. The molecule has 4 heteroatoms. The van der Waals surface area contributed by atoms with E-state index in [9.17, 15) is 15.0 Å². The van der Waals surface area contributed by atoms with E-state index in [1.807, 2.05) is 0 Å². The van der Waals surface area contributed by atoms with Crippen LogP contribution in [0.5, 0.6) is 0 Å². The van der Waals surface area contributed by atoms with Gasteiger partial charge in [0.2, 0.25) is 0 Å². The van der Waals surface area contributed by atoms with Crippen LogP contribution in [-0.4, -0.2) is 35.3 Å². The fourth-order valence-corrected chi connectivity index (χ4v) is 5.64. The van der Waals surface area contributed by atoms with Crippen LogP contribution in [0.4, 0.5) is 0 Å². The molecular weight excluding hydrogens is 494 g/mol. The average Bonchev–Trinajstić information content (AvgIpc) is 2.95. The van der Waals surface area contributed by atoms with Crippen molar-refractivity contribution >= 4 is 5.78 Å². The van der Waals surface area contributed by atoms with Gasteiger partial charge in [-0.3, -0.25) is 4.79 Å². The molecule has 0 aromatic carbocycles. The second-order valence-electron chi connectivity index (χ2n) is 12.3. The van der Waals surface area contributed by atoms with E-state index in [-0.39, 0.29) is 12.4 Å². The first-order valence-electron chi connectivity index (χ1n) is 17.8. The third kappa shape index (κ3) is 27.5.